The van der Waals surface area contributed by atoms with Crippen LogP contribution in [-0.2, 0) is 7.05 Å². The van der Waals surface area contributed by atoms with Crippen molar-refractivity contribution in [3.63, 3.8) is 0 Å². The van der Waals surface area contributed by atoms with Crippen LogP contribution in [0.2, 0.25) is 0 Å². The molecule has 5 rings (SSSR count). The number of aryl methyl sites for hydroxylation is 2. The molecule has 0 unspecified atom stereocenters. The number of carbonyl (C=O) groups is 1. The molecule has 8 nitrogen and oxygen atoms in total. The number of ether oxygens (including phenoxy) is 1. The van der Waals surface area contributed by atoms with Crippen LogP contribution in [0.25, 0.3) is 11.4 Å². The Morgan fingerprint density at radius 3 is 2.50 bits per heavy atom. The van der Waals surface area contributed by atoms with Gasteiger partial charge in [0, 0.05) is 31.8 Å². The van der Waals surface area contributed by atoms with Crippen molar-refractivity contribution in [1.29, 1.82) is 0 Å². The maximum atomic E-state index is 14.4. The Hall–Kier alpha value is -3.89. The zero-order valence-corrected chi connectivity index (χ0v) is 18.5. The van der Waals surface area contributed by atoms with E-state index >= 15 is 0 Å². The van der Waals surface area contributed by atoms with Crippen LogP contribution in [-0.4, -0.2) is 56.1 Å². The van der Waals surface area contributed by atoms with Gasteiger partial charge in [-0.2, -0.15) is 10.2 Å². The Bertz CT molecular complexity index is 1250. The van der Waals surface area contributed by atoms with E-state index in [1.807, 2.05) is 6.92 Å². The molecule has 0 aliphatic carbocycles. The highest BCUT2D eigenvalue weighted by atomic mass is 19.1. The van der Waals surface area contributed by atoms with E-state index < -0.39 is 35.6 Å². The first-order valence-corrected chi connectivity index (χ1v) is 10.7. The summed E-state index contributed by atoms with van der Waals surface area (Å²) >= 11 is 0. The number of hydrogen-bond acceptors (Lipinski definition) is 5. The number of halogens is 3. The molecule has 1 aromatic carbocycles. The molecule has 0 N–H and O–H groups in total. The van der Waals surface area contributed by atoms with Gasteiger partial charge in [0.25, 0.3) is 0 Å². The van der Waals surface area contributed by atoms with Crippen molar-refractivity contribution in [2.24, 2.45) is 12.1 Å². The van der Waals surface area contributed by atoms with Gasteiger partial charge in [-0.1, -0.05) is 0 Å². The number of carbonyl (C=O) groups excluding carboxylic acids is 1. The number of urea groups is 1. The molecule has 2 aliphatic rings. The zero-order valence-electron chi connectivity index (χ0n) is 18.5. The lowest BCUT2D eigenvalue weighted by atomic mass is 10.0. The van der Waals surface area contributed by atoms with Crippen molar-refractivity contribution in [2.45, 2.75) is 25.5 Å². The number of hydrazone groups is 1. The molecule has 2 amide bonds. The Kier molecular flexibility index (Phi) is 5.46. The lowest BCUT2D eigenvalue weighted by molar-refractivity contribution is 0.0256. The minimum absolute atomic E-state index is 0.0370. The molecule has 0 spiro atoms. The van der Waals surface area contributed by atoms with E-state index in [4.69, 9.17) is 4.74 Å². The minimum Gasteiger partial charge on any atom is -0.483 e. The molecule has 1 saturated heterocycles. The van der Waals surface area contributed by atoms with Gasteiger partial charge in [0.05, 0.1) is 42.9 Å². The standard InChI is InChI=1S/C23H21F3N6O2/c1-13-9-29-30(2)22(13)19-8-21(18(26)10-27-19)34-17-11-31(12-17)23(33)32-20(3-4-28-32)14-5-15(24)7-16(25)6-14/h4-10,17,20H,3,11-12H2,1-2H3/t20-/m0/s1. The summed E-state index contributed by atoms with van der Waals surface area (Å²) in [5.74, 6) is -2.00. The zero-order chi connectivity index (χ0) is 24.0. The first-order valence-electron chi connectivity index (χ1n) is 10.7. The number of hydrogen-bond donors (Lipinski definition) is 0. The average Bonchev–Trinajstić information content (AvgIpc) is 3.37. The predicted octanol–water partition coefficient (Wildman–Crippen LogP) is 3.82. The normalized spacial score (nSPS) is 17.9. The average molecular weight is 470 g/mol. The molecule has 2 aliphatic heterocycles. The Morgan fingerprint density at radius 2 is 1.82 bits per heavy atom. The molecule has 0 saturated carbocycles. The van der Waals surface area contributed by atoms with Crippen molar-refractivity contribution >= 4 is 12.2 Å². The summed E-state index contributed by atoms with van der Waals surface area (Å²) in [6, 6.07) is 3.67. The van der Waals surface area contributed by atoms with Gasteiger partial charge in [0.1, 0.15) is 17.7 Å². The summed E-state index contributed by atoms with van der Waals surface area (Å²) in [5, 5.41) is 9.48. The number of aromatic nitrogens is 3. The molecule has 3 aromatic rings. The largest absolute Gasteiger partial charge is 0.483 e. The lowest BCUT2D eigenvalue weighted by Crippen LogP contribution is -2.58. The maximum absolute atomic E-state index is 14.4. The highest BCUT2D eigenvalue weighted by Gasteiger charge is 2.39. The Morgan fingerprint density at radius 1 is 1.09 bits per heavy atom. The molecule has 2 aromatic heterocycles. The predicted molar refractivity (Wildman–Crippen MR) is 117 cm³/mol. The molecular formula is C23H21F3N6O2. The van der Waals surface area contributed by atoms with Crippen molar-refractivity contribution in [2.75, 3.05) is 13.1 Å². The van der Waals surface area contributed by atoms with Crippen LogP contribution >= 0.6 is 0 Å². The molecule has 11 heteroatoms. The first-order chi connectivity index (χ1) is 16.3. The number of likely N-dealkylation sites (tertiary alicyclic amines) is 1. The van der Waals surface area contributed by atoms with Crippen LogP contribution in [0.4, 0.5) is 18.0 Å². The van der Waals surface area contributed by atoms with Crippen LogP contribution in [0.3, 0.4) is 0 Å². The lowest BCUT2D eigenvalue weighted by Gasteiger charge is -2.41. The second-order valence-corrected chi connectivity index (χ2v) is 8.32. The number of benzene rings is 1. The van der Waals surface area contributed by atoms with E-state index in [1.54, 1.807) is 17.9 Å². The molecule has 1 fully saturated rings. The fraction of sp³-hybridized carbons (Fsp3) is 0.304. The first kappa shape index (κ1) is 21.9. The fourth-order valence-corrected chi connectivity index (χ4v) is 4.19. The Balaban J connectivity index is 1.25. The minimum atomic E-state index is -0.716. The SMILES string of the molecule is Cc1cnn(C)c1-c1cc(OC2CN(C(=O)N3N=CC[C@H]3c3cc(F)cc(F)c3)C2)c(F)cn1. The summed E-state index contributed by atoms with van der Waals surface area (Å²) in [7, 11) is 1.77. The highest BCUT2D eigenvalue weighted by Crippen LogP contribution is 2.32. The third-order valence-corrected chi connectivity index (χ3v) is 5.89. The van der Waals surface area contributed by atoms with Crippen molar-refractivity contribution in [3.8, 4) is 17.1 Å². The van der Waals surface area contributed by atoms with E-state index in [-0.39, 0.29) is 18.8 Å². The number of nitrogens with zero attached hydrogens (tertiary/aromatic N) is 6. The van der Waals surface area contributed by atoms with Gasteiger partial charge >= 0.3 is 6.03 Å². The molecule has 0 radical (unpaired) electrons. The molecular weight excluding hydrogens is 449 g/mol. The quantitative estimate of drug-likeness (QED) is 0.581. The van der Waals surface area contributed by atoms with E-state index in [0.29, 0.717) is 17.7 Å². The van der Waals surface area contributed by atoms with Crippen LogP contribution < -0.4 is 4.74 Å². The smallest absolute Gasteiger partial charge is 0.341 e. The van der Waals surface area contributed by atoms with Gasteiger partial charge < -0.3 is 9.64 Å². The second-order valence-electron chi connectivity index (χ2n) is 8.32. The highest BCUT2D eigenvalue weighted by molar-refractivity contribution is 5.79. The van der Waals surface area contributed by atoms with Crippen molar-refractivity contribution in [3.05, 3.63) is 65.2 Å². The molecule has 176 valence electrons. The van der Waals surface area contributed by atoms with Crippen LogP contribution in [0.1, 0.15) is 23.6 Å². The molecule has 1 atom stereocenters. The van der Waals surface area contributed by atoms with Crippen molar-refractivity contribution in [1.82, 2.24) is 24.7 Å². The van der Waals surface area contributed by atoms with Crippen molar-refractivity contribution < 1.29 is 22.7 Å². The second kappa shape index (κ2) is 8.47. The van der Waals surface area contributed by atoms with E-state index in [0.717, 1.165) is 23.5 Å². The summed E-state index contributed by atoms with van der Waals surface area (Å²) in [4.78, 5) is 18.6. The summed E-state index contributed by atoms with van der Waals surface area (Å²) in [6.07, 6.45) is 4.26. The summed E-state index contributed by atoms with van der Waals surface area (Å²) in [6.45, 7) is 2.32. The van der Waals surface area contributed by atoms with Gasteiger partial charge in [-0.15, -0.1) is 0 Å². The summed E-state index contributed by atoms with van der Waals surface area (Å²) in [5.41, 5.74) is 2.50. The van der Waals surface area contributed by atoms with Crippen LogP contribution in [0, 0.1) is 24.4 Å². The molecule has 34 heavy (non-hydrogen) atoms. The van der Waals surface area contributed by atoms with Gasteiger partial charge in [0.2, 0.25) is 0 Å². The van der Waals surface area contributed by atoms with E-state index in [2.05, 4.69) is 15.2 Å². The van der Waals surface area contributed by atoms with E-state index in [1.165, 1.54) is 34.3 Å². The van der Waals surface area contributed by atoms with Crippen LogP contribution in [0.15, 0.2) is 41.8 Å². The van der Waals surface area contributed by atoms with Gasteiger partial charge in [-0.05, 0) is 30.2 Å². The molecule has 4 heterocycles. The fourth-order valence-electron chi connectivity index (χ4n) is 4.19. The molecule has 0 bridgehead atoms. The number of rotatable bonds is 4. The third kappa shape index (κ3) is 3.97. The van der Waals surface area contributed by atoms with Gasteiger partial charge in [-0.25, -0.2) is 23.0 Å². The van der Waals surface area contributed by atoms with E-state index in [9.17, 15) is 18.0 Å². The topological polar surface area (TPSA) is 75.8 Å². The van der Waals surface area contributed by atoms with Gasteiger partial charge in [-0.3, -0.25) is 9.67 Å². The third-order valence-electron chi connectivity index (χ3n) is 5.89. The number of amides is 2. The summed E-state index contributed by atoms with van der Waals surface area (Å²) < 4.78 is 49.1. The number of pyridine rings is 1. The van der Waals surface area contributed by atoms with Gasteiger partial charge in [0.15, 0.2) is 11.6 Å². The monoisotopic (exact) mass is 470 g/mol. The maximum Gasteiger partial charge on any atom is 0.341 e. The van der Waals surface area contributed by atoms with Crippen LogP contribution in [0.5, 0.6) is 5.75 Å². The Labute approximate surface area is 193 Å².